The second kappa shape index (κ2) is 3.41. The third kappa shape index (κ3) is 1.35. The molecule has 1 aromatic carbocycles. The molecule has 0 atom stereocenters. The Bertz CT molecular complexity index is 628. The van der Waals surface area contributed by atoms with Crippen molar-refractivity contribution in [1.82, 2.24) is 20.2 Å². The van der Waals surface area contributed by atoms with Crippen LogP contribution < -0.4 is 0 Å². The largest absolute Gasteiger partial charge is 0.280 e. The highest BCUT2D eigenvalue weighted by Gasteiger charge is 2.06. The van der Waals surface area contributed by atoms with Crippen LogP contribution in [0.2, 0.25) is 0 Å². The number of nitrogens with one attached hydrogen (secondary N) is 1. The van der Waals surface area contributed by atoms with E-state index in [4.69, 9.17) is 0 Å². The fourth-order valence-electron chi connectivity index (χ4n) is 1.65. The third-order valence-electron chi connectivity index (χ3n) is 2.53. The van der Waals surface area contributed by atoms with Crippen LogP contribution in [0, 0.1) is 6.92 Å². The first-order valence-electron chi connectivity index (χ1n) is 5.08. The Morgan fingerprint density at radius 3 is 2.75 bits per heavy atom. The quantitative estimate of drug-likeness (QED) is 0.670. The Labute approximate surface area is 92.4 Å². The van der Waals surface area contributed by atoms with Crippen molar-refractivity contribution in [2.75, 3.05) is 0 Å². The summed E-state index contributed by atoms with van der Waals surface area (Å²) < 4.78 is 0. The summed E-state index contributed by atoms with van der Waals surface area (Å²) in [6.45, 7) is 1.96. The molecule has 0 spiro atoms. The van der Waals surface area contributed by atoms with Gasteiger partial charge in [-0.05, 0) is 6.92 Å². The second-order valence-corrected chi connectivity index (χ2v) is 3.65. The fraction of sp³-hybridized carbons (Fsp3) is 0.0833. The van der Waals surface area contributed by atoms with Crippen molar-refractivity contribution in [3.05, 3.63) is 42.2 Å². The summed E-state index contributed by atoms with van der Waals surface area (Å²) in [5.41, 5.74) is 2.71. The highest BCUT2D eigenvalue weighted by atomic mass is 15.2. The monoisotopic (exact) mass is 210 g/mol. The van der Waals surface area contributed by atoms with Crippen LogP contribution in [0.4, 0.5) is 0 Å². The van der Waals surface area contributed by atoms with Crippen molar-refractivity contribution in [2.24, 2.45) is 0 Å². The minimum atomic E-state index is 0.708. The van der Waals surface area contributed by atoms with E-state index >= 15 is 0 Å². The summed E-state index contributed by atoms with van der Waals surface area (Å²) >= 11 is 0. The lowest BCUT2D eigenvalue weighted by molar-refractivity contribution is 1.05. The van der Waals surface area contributed by atoms with E-state index in [1.54, 1.807) is 0 Å². The van der Waals surface area contributed by atoms with Crippen molar-refractivity contribution < 1.29 is 0 Å². The molecule has 0 bridgehead atoms. The molecular weight excluding hydrogens is 200 g/mol. The molecule has 78 valence electrons. The molecule has 1 N–H and O–H groups in total. The zero-order valence-electron chi connectivity index (χ0n) is 8.81. The molecule has 16 heavy (non-hydrogen) atoms. The van der Waals surface area contributed by atoms with E-state index in [0.29, 0.717) is 11.5 Å². The van der Waals surface area contributed by atoms with Crippen LogP contribution in [0.25, 0.3) is 22.4 Å². The second-order valence-electron chi connectivity index (χ2n) is 3.65. The van der Waals surface area contributed by atoms with Gasteiger partial charge in [0.1, 0.15) is 0 Å². The maximum absolute atomic E-state index is 4.41. The Kier molecular flexibility index (Phi) is 1.93. The number of nitrogens with zero attached hydrogens (tertiary/aromatic N) is 3. The SMILES string of the molecule is Cc1[nH]nc2nc(-c3ccccc3)ncc12. The van der Waals surface area contributed by atoms with E-state index < -0.39 is 0 Å². The number of H-pyrrole nitrogens is 1. The van der Waals surface area contributed by atoms with Gasteiger partial charge in [0.25, 0.3) is 0 Å². The summed E-state index contributed by atoms with van der Waals surface area (Å²) in [5, 5.41) is 8.00. The van der Waals surface area contributed by atoms with Gasteiger partial charge in [-0.25, -0.2) is 9.97 Å². The van der Waals surface area contributed by atoms with Crippen molar-refractivity contribution in [1.29, 1.82) is 0 Å². The number of aromatic nitrogens is 4. The number of hydrogen-bond acceptors (Lipinski definition) is 3. The number of aryl methyl sites for hydroxylation is 1. The van der Waals surface area contributed by atoms with E-state index in [2.05, 4.69) is 20.2 Å². The van der Waals surface area contributed by atoms with Gasteiger partial charge in [-0.15, -0.1) is 0 Å². The summed E-state index contributed by atoms with van der Waals surface area (Å²) in [4.78, 5) is 8.75. The summed E-state index contributed by atoms with van der Waals surface area (Å²) in [7, 11) is 0. The van der Waals surface area contributed by atoms with Crippen LogP contribution in [0.15, 0.2) is 36.5 Å². The van der Waals surface area contributed by atoms with Crippen molar-refractivity contribution in [3.63, 3.8) is 0 Å². The molecule has 3 rings (SSSR count). The predicted molar refractivity (Wildman–Crippen MR) is 61.9 cm³/mol. The van der Waals surface area contributed by atoms with Crippen LogP contribution in [0.5, 0.6) is 0 Å². The molecule has 0 saturated heterocycles. The minimum absolute atomic E-state index is 0.708. The number of benzene rings is 1. The van der Waals surface area contributed by atoms with E-state index in [1.165, 1.54) is 0 Å². The molecule has 0 aliphatic heterocycles. The highest BCUT2D eigenvalue weighted by molar-refractivity contribution is 5.78. The van der Waals surface area contributed by atoms with Crippen LogP contribution in [-0.4, -0.2) is 20.2 Å². The number of rotatable bonds is 1. The van der Waals surface area contributed by atoms with Crippen LogP contribution in [-0.2, 0) is 0 Å². The van der Waals surface area contributed by atoms with Gasteiger partial charge < -0.3 is 0 Å². The lowest BCUT2D eigenvalue weighted by atomic mass is 10.2. The molecule has 4 nitrogen and oxygen atoms in total. The van der Waals surface area contributed by atoms with Gasteiger partial charge in [-0.1, -0.05) is 30.3 Å². The molecular formula is C12H10N4. The molecule has 0 aliphatic carbocycles. The molecule has 3 aromatic rings. The Balaban J connectivity index is 2.19. The first-order chi connectivity index (χ1) is 7.84. The molecule has 4 heteroatoms. The first kappa shape index (κ1) is 9.03. The molecule has 0 radical (unpaired) electrons. The zero-order chi connectivity index (χ0) is 11.0. The molecule has 0 amide bonds. The van der Waals surface area contributed by atoms with Gasteiger partial charge in [0.05, 0.1) is 5.39 Å². The van der Waals surface area contributed by atoms with Gasteiger partial charge >= 0.3 is 0 Å². The smallest absolute Gasteiger partial charge is 0.184 e. The van der Waals surface area contributed by atoms with Gasteiger partial charge in [-0.2, -0.15) is 5.10 Å². The van der Waals surface area contributed by atoms with Crippen LogP contribution in [0.3, 0.4) is 0 Å². The fourth-order valence-corrected chi connectivity index (χ4v) is 1.65. The van der Waals surface area contributed by atoms with Crippen molar-refractivity contribution >= 4 is 11.0 Å². The summed E-state index contributed by atoms with van der Waals surface area (Å²) in [5.74, 6) is 0.708. The first-order valence-corrected chi connectivity index (χ1v) is 5.08. The molecule has 0 saturated carbocycles. The minimum Gasteiger partial charge on any atom is -0.280 e. The maximum atomic E-state index is 4.41. The lowest BCUT2D eigenvalue weighted by Gasteiger charge is -1.98. The summed E-state index contributed by atoms with van der Waals surface area (Å²) in [6, 6.07) is 9.89. The van der Waals surface area contributed by atoms with Crippen LogP contribution >= 0.6 is 0 Å². The third-order valence-corrected chi connectivity index (χ3v) is 2.53. The standard InChI is InChI=1S/C12H10N4/c1-8-10-7-13-11(14-12(10)16-15-8)9-5-3-2-4-6-9/h2-7H,1H3,(H,13,14,15,16). The Morgan fingerprint density at radius 1 is 1.12 bits per heavy atom. The molecule has 2 heterocycles. The van der Waals surface area contributed by atoms with Gasteiger partial charge in [-0.3, -0.25) is 5.10 Å². The van der Waals surface area contributed by atoms with Gasteiger partial charge in [0.2, 0.25) is 0 Å². The zero-order valence-corrected chi connectivity index (χ0v) is 8.81. The molecule has 0 aliphatic rings. The van der Waals surface area contributed by atoms with Crippen molar-refractivity contribution in [3.8, 4) is 11.4 Å². The normalized spacial score (nSPS) is 10.8. The number of hydrogen-bond donors (Lipinski definition) is 1. The Morgan fingerprint density at radius 2 is 1.94 bits per heavy atom. The maximum Gasteiger partial charge on any atom is 0.184 e. The van der Waals surface area contributed by atoms with Crippen LogP contribution in [0.1, 0.15) is 5.69 Å². The highest BCUT2D eigenvalue weighted by Crippen LogP contribution is 2.17. The Hall–Kier alpha value is -2.23. The lowest BCUT2D eigenvalue weighted by Crippen LogP contribution is -1.88. The molecule has 0 unspecified atom stereocenters. The average molecular weight is 210 g/mol. The van der Waals surface area contributed by atoms with E-state index in [-0.39, 0.29) is 0 Å². The average Bonchev–Trinajstić information content (AvgIpc) is 2.72. The van der Waals surface area contributed by atoms with Gasteiger partial charge in [0.15, 0.2) is 11.5 Å². The topological polar surface area (TPSA) is 54.5 Å². The number of aromatic amines is 1. The predicted octanol–water partition coefficient (Wildman–Crippen LogP) is 2.33. The van der Waals surface area contributed by atoms with Crippen molar-refractivity contribution in [2.45, 2.75) is 6.92 Å². The number of fused-ring (bicyclic) bond motifs is 1. The van der Waals surface area contributed by atoms with E-state index in [9.17, 15) is 0 Å². The van der Waals surface area contributed by atoms with Gasteiger partial charge in [0, 0.05) is 17.5 Å². The van der Waals surface area contributed by atoms with E-state index in [1.807, 2.05) is 43.5 Å². The molecule has 2 aromatic heterocycles. The molecule has 0 fully saturated rings. The van der Waals surface area contributed by atoms with E-state index in [0.717, 1.165) is 16.6 Å². The summed E-state index contributed by atoms with van der Waals surface area (Å²) in [6.07, 6.45) is 1.81.